The van der Waals surface area contributed by atoms with Crippen LogP contribution in [0.2, 0.25) is 0 Å². The zero-order valence-corrected chi connectivity index (χ0v) is 9.26. The minimum atomic E-state index is -0.618. The van der Waals surface area contributed by atoms with Crippen LogP contribution in [0.1, 0.15) is 0 Å². The van der Waals surface area contributed by atoms with Gasteiger partial charge in [0.2, 0.25) is 0 Å². The Morgan fingerprint density at radius 3 is 2.27 bits per heavy atom. The molecule has 0 aliphatic carbocycles. The summed E-state index contributed by atoms with van der Waals surface area (Å²) < 4.78 is 12.7. The Bertz CT molecular complexity index is 335. The van der Waals surface area contributed by atoms with Crippen molar-refractivity contribution < 1.29 is 14.3 Å². The first-order valence-corrected chi connectivity index (χ1v) is 4.94. The van der Waals surface area contributed by atoms with Crippen LogP contribution in [0.5, 0.6) is 11.5 Å². The fraction of sp³-hybridized carbons (Fsp3) is 0.222. The highest BCUT2D eigenvalue weighted by molar-refractivity contribution is 7.98. The van der Waals surface area contributed by atoms with Crippen LogP contribution >= 0.6 is 11.9 Å². The highest BCUT2D eigenvalue weighted by Crippen LogP contribution is 2.35. The third-order valence-corrected chi connectivity index (χ3v) is 2.55. The summed E-state index contributed by atoms with van der Waals surface area (Å²) in [6.45, 7) is 0. The average Bonchev–Trinajstić information content (AvgIpc) is 2.25. The van der Waals surface area contributed by atoms with Gasteiger partial charge < -0.3 is 15.2 Å². The van der Waals surface area contributed by atoms with E-state index in [0.29, 0.717) is 16.4 Å². The maximum Gasteiger partial charge on any atom is 0.322 e. The smallest absolute Gasteiger partial charge is 0.322 e. The first-order chi connectivity index (χ1) is 7.19. The number of nitrogens with one attached hydrogen (secondary N) is 1. The van der Waals surface area contributed by atoms with Crippen LogP contribution in [-0.4, -0.2) is 20.3 Å². The number of urea groups is 1. The van der Waals surface area contributed by atoms with Gasteiger partial charge in [0.1, 0.15) is 16.4 Å². The lowest BCUT2D eigenvalue weighted by Crippen LogP contribution is -2.22. The molecular weight excluding hydrogens is 216 g/mol. The van der Waals surface area contributed by atoms with E-state index in [9.17, 15) is 4.79 Å². The van der Waals surface area contributed by atoms with Gasteiger partial charge in [-0.1, -0.05) is 6.07 Å². The molecule has 0 fully saturated rings. The molecule has 15 heavy (non-hydrogen) atoms. The highest BCUT2D eigenvalue weighted by Gasteiger charge is 2.10. The molecule has 0 unspecified atom stereocenters. The number of ether oxygens (including phenoxy) is 2. The lowest BCUT2D eigenvalue weighted by Gasteiger charge is -2.11. The van der Waals surface area contributed by atoms with Gasteiger partial charge in [0.15, 0.2) is 0 Å². The predicted octanol–water partition coefficient (Wildman–Crippen LogP) is 1.38. The molecule has 2 amide bonds. The van der Waals surface area contributed by atoms with E-state index in [4.69, 9.17) is 15.2 Å². The second-order valence-corrected chi connectivity index (χ2v) is 3.38. The Hall–Kier alpha value is -1.56. The van der Waals surface area contributed by atoms with E-state index in [2.05, 4.69) is 4.72 Å². The fourth-order valence-electron chi connectivity index (χ4n) is 1.02. The van der Waals surface area contributed by atoms with Crippen molar-refractivity contribution in [2.45, 2.75) is 4.90 Å². The number of benzene rings is 1. The number of amides is 2. The Balaban J connectivity index is 2.94. The Kier molecular flexibility index (Phi) is 4.11. The molecule has 0 heterocycles. The van der Waals surface area contributed by atoms with Gasteiger partial charge in [0.05, 0.1) is 14.2 Å². The molecule has 1 aromatic rings. The molecule has 5 nitrogen and oxygen atoms in total. The van der Waals surface area contributed by atoms with Gasteiger partial charge in [-0.15, -0.1) is 0 Å². The predicted molar refractivity (Wildman–Crippen MR) is 58.1 cm³/mol. The number of carbonyl (C=O) groups excluding carboxylic acids is 1. The monoisotopic (exact) mass is 228 g/mol. The second kappa shape index (κ2) is 5.35. The molecular formula is C9H12N2O3S. The maximum absolute atomic E-state index is 10.6. The van der Waals surface area contributed by atoms with E-state index in [1.807, 2.05) is 0 Å². The zero-order chi connectivity index (χ0) is 11.3. The Morgan fingerprint density at radius 2 is 1.87 bits per heavy atom. The van der Waals surface area contributed by atoms with Crippen molar-refractivity contribution in [1.29, 1.82) is 0 Å². The van der Waals surface area contributed by atoms with Gasteiger partial charge >= 0.3 is 6.03 Å². The molecule has 0 spiro atoms. The molecule has 0 aromatic heterocycles. The third kappa shape index (κ3) is 2.95. The van der Waals surface area contributed by atoms with Gasteiger partial charge in [-0.2, -0.15) is 0 Å². The molecule has 82 valence electrons. The molecule has 1 rings (SSSR count). The first kappa shape index (κ1) is 11.5. The summed E-state index contributed by atoms with van der Waals surface area (Å²) in [6, 6.07) is 4.72. The number of carbonyl (C=O) groups is 1. The van der Waals surface area contributed by atoms with E-state index >= 15 is 0 Å². The summed E-state index contributed by atoms with van der Waals surface area (Å²) >= 11 is 1.06. The number of hydrogen-bond acceptors (Lipinski definition) is 4. The standard InChI is InChI=1S/C9H12N2O3S/c1-13-6-4-3-5-7(14-2)8(6)15-11-9(10)12/h3-5H,1-2H3,(H3,10,11,12). The van der Waals surface area contributed by atoms with Gasteiger partial charge in [-0.3, -0.25) is 4.72 Å². The lowest BCUT2D eigenvalue weighted by molar-refractivity contribution is 0.254. The third-order valence-electron chi connectivity index (χ3n) is 1.64. The zero-order valence-electron chi connectivity index (χ0n) is 8.44. The molecule has 0 saturated carbocycles. The molecule has 6 heteroatoms. The number of hydrogen-bond donors (Lipinski definition) is 2. The van der Waals surface area contributed by atoms with Crippen LogP contribution in [0.15, 0.2) is 23.1 Å². The van der Waals surface area contributed by atoms with Crippen LogP contribution in [0.3, 0.4) is 0 Å². The van der Waals surface area contributed by atoms with Gasteiger partial charge in [-0.25, -0.2) is 4.79 Å². The van der Waals surface area contributed by atoms with Gasteiger partial charge in [0, 0.05) is 0 Å². The van der Waals surface area contributed by atoms with Crippen LogP contribution < -0.4 is 19.9 Å². The second-order valence-electron chi connectivity index (χ2n) is 2.56. The van der Waals surface area contributed by atoms with E-state index < -0.39 is 6.03 Å². The van der Waals surface area contributed by atoms with E-state index in [1.165, 1.54) is 0 Å². The lowest BCUT2D eigenvalue weighted by atomic mass is 10.3. The molecule has 3 N–H and O–H groups in total. The van der Waals surface area contributed by atoms with Crippen molar-refractivity contribution in [3.63, 3.8) is 0 Å². The van der Waals surface area contributed by atoms with Crippen molar-refractivity contribution in [1.82, 2.24) is 4.72 Å². The summed E-state index contributed by atoms with van der Waals surface area (Å²) in [4.78, 5) is 11.3. The maximum atomic E-state index is 10.6. The highest BCUT2D eigenvalue weighted by atomic mass is 32.2. The van der Waals surface area contributed by atoms with Crippen LogP contribution in [-0.2, 0) is 0 Å². The minimum Gasteiger partial charge on any atom is -0.495 e. The summed E-state index contributed by atoms with van der Waals surface area (Å²) in [5.74, 6) is 1.24. The number of nitrogens with two attached hydrogens (primary N) is 1. The van der Waals surface area contributed by atoms with E-state index in [0.717, 1.165) is 11.9 Å². The molecule has 0 bridgehead atoms. The van der Waals surface area contributed by atoms with Crippen molar-refractivity contribution in [3.8, 4) is 11.5 Å². The summed E-state index contributed by atoms with van der Waals surface area (Å²) in [5, 5.41) is 0. The molecule has 1 aromatic carbocycles. The van der Waals surface area contributed by atoms with Crippen LogP contribution in [0.25, 0.3) is 0 Å². The van der Waals surface area contributed by atoms with E-state index in [1.54, 1.807) is 32.4 Å². The van der Waals surface area contributed by atoms with Crippen molar-refractivity contribution >= 4 is 18.0 Å². The number of rotatable bonds is 4. The molecule has 0 aliphatic rings. The summed E-state index contributed by atoms with van der Waals surface area (Å²) in [6.07, 6.45) is 0. The number of methoxy groups -OCH3 is 2. The van der Waals surface area contributed by atoms with Gasteiger partial charge in [0.25, 0.3) is 0 Å². The largest absolute Gasteiger partial charge is 0.495 e. The average molecular weight is 228 g/mol. The summed E-state index contributed by atoms with van der Waals surface area (Å²) in [5.41, 5.74) is 4.97. The molecule has 0 saturated heterocycles. The topological polar surface area (TPSA) is 73.6 Å². The molecule has 0 radical (unpaired) electrons. The Morgan fingerprint density at radius 1 is 1.33 bits per heavy atom. The van der Waals surface area contributed by atoms with Crippen LogP contribution in [0, 0.1) is 0 Å². The quantitative estimate of drug-likeness (QED) is 0.763. The van der Waals surface area contributed by atoms with Crippen LogP contribution in [0.4, 0.5) is 4.79 Å². The summed E-state index contributed by atoms with van der Waals surface area (Å²) in [7, 11) is 3.09. The molecule has 0 aliphatic heterocycles. The Labute approximate surface area is 92.1 Å². The minimum absolute atomic E-state index is 0.618. The van der Waals surface area contributed by atoms with Crippen molar-refractivity contribution in [3.05, 3.63) is 18.2 Å². The SMILES string of the molecule is COc1cccc(OC)c1SNC(N)=O. The normalized spacial score (nSPS) is 9.47. The van der Waals surface area contributed by atoms with Gasteiger partial charge in [-0.05, 0) is 24.1 Å². The van der Waals surface area contributed by atoms with Crippen molar-refractivity contribution in [2.75, 3.05) is 14.2 Å². The fourth-order valence-corrected chi connectivity index (χ4v) is 1.73. The van der Waals surface area contributed by atoms with E-state index in [-0.39, 0.29) is 0 Å². The van der Waals surface area contributed by atoms with Crippen molar-refractivity contribution in [2.24, 2.45) is 5.73 Å². The first-order valence-electron chi connectivity index (χ1n) is 4.12. The number of primary amides is 1. The molecule has 0 atom stereocenters.